The summed E-state index contributed by atoms with van der Waals surface area (Å²) < 4.78 is 5.42. The van der Waals surface area contributed by atoms with Crippen LogP contribution in [0.2, 0.25) is 0 Å². The van der Waals surface area contributed by atoms with Gasteiger partial charge in [-0.15, -0.1) is 0 Å². The van der Waals surface area contributed by atoms with E-state index >= 15 is 0 Å². The Hall–Kier alpha value is -2.82. The number of aryl methyl sites for hydroxylation is 2. The van der Waals surface area contributed by atoms with Crippen molar-refractivity contribution in [2.24, 2.45) is 0 Å². The first kappa shape index (κ1) is 16.5. The molecule has 0 radical (unpaired) electrons. The van der Waals surface area contributed by atoms with Gasteiger partial charge in [-0.1, -0.05) is 17.7 Å². The number of ketones is 1. The van der Waals surface area contributed by atoms with Gasteiger partial charge in [0.2, 0.25) is 0 Å². The highest BCUT2D eigenvalue weighted by atomic mass is 16.5. The van der Waals surface area contributed by atoms with Crippen molar-refractivity contribution in [2.75, 3.05) is 17.7 Å². The lowest BCUT2D eigenvalue weighted by Gasteiger charge is -2.11. The zero-order chi connectivity index (χ0) is 17.0. The number of carbonyl (C=O) groups is 2. The zero-order valence-corrected chi connectivity index (χ0v) is 13.5. The number of hydrogen-bond donors (Lipinski definition) is 2. The number of rotatable bonds is 5. The van der Waals surface area contributed by atoms with Crippen molar-refractivity contribution in [3.8, 4) is 5.75 Å². The maximum atomic E-state index is 12.0. The van der Waals surface area contributed by atoms with Gasteiger partial charge in [-0.3, -0.25) is 9.59 Å². The van der Waals surface area contributed by atoms with Gasteiger partial charge < -0.3 is 15.8 Å². The normalized spacial score (nSPS) is 10.2. The van der Waals surface area contributed by atoms with Gasteiger partial charge in [-0.25, -0.2) is 0 Å². The smallest absolute Gasteiger partial charge is 0.262 e. The number of hydrogen-bond acceptors (Lipinski definition) is 4. The molecule has 3 N–H and O–H groups in total. The van der Waals surface area contributed by atoms with E-state index in [2.05, 4.69) is 5.32 Å². The fraction of sp³-hybridized carbons (Fsp3) is 0.222. The molecular formula is C18H20N2O3. The Bertz CT molecular complexity index is 754. The largest absolute Gasteiger partial charge is 0.482 e. The maximum Gasteiger partial charge on any atom is 0.262 e. The summed E-state index contributed by atoms with van der Waals surface area (Å²) in [7, 11) is 0. The summed E-state index contributed by atoms with van der Waals surface area (Å²) in [6.45, 7) is 5.24. The van der Waals surface area contributed by atoms with Crippen LogP contribution in [0.1, 0.15) is 28.4 Å². The van der Waals surface area contributed by atoms with Crippen LogP contribution in [0.3, 0.4) is 0 Å². The third-order valence-electron chi connectivity index (χ3n) is 3.43. The molecule has 0 bridgehead atoms. The van der Waals surface area contributed by atoms with E-state index in [1.807, 2.05) is 32.0 Å². The van der Waals surface area contributed by atoms with Crippen molar-refractivity contribution < 1.29 is 14.3 Å². The summed E-state index contributed by atoms with van der Waals surface area (Å²) in [4.78, 5) is 23.3. The standard InChI is InChI=1S/C18H20N2O3/c1-11-4-6-16(12(2)8-11)20-18(22)10-23-17-7-5-14(13(3)21)9-15(17)19/h4-9H,10,19H2,1-3H3,(H,20,22). The maximum absolute atomic E-state index is 12.0. The van der Waals surface area contributed by atoms with Gasteiger partial charge in [-0.2, -0.15) is 0 Å². The fourth-order valence-electron chi connectivity index (χ4n) is 2.18. The molecule has 0 atom stereocenters. The second-order valence-corrected chi connectivity index (χ2v) is 5.46. The second kappa shape index (κ2) is 6.96. The van der Waals surface area contributed by atoms with Crippen LogP contribution < -0.4 is 15.8 Å². The lowest BCUT2D eigenvalue weighted by molar-refractivity contribution is -0.118. The highest BCUT2D eigenvalue weighted by molar-refractivity contribution is 5.95. The number of carbonyl (C=O) groups excluding carboxylic acids is 2. The molecule has 0 fully saturated rings. The van der Waals surface area contributed by atoms with E-state index < -0.39 is 0 Å². The number of nitrogen functional groups attached to an aromatic ring is 1. The summed E-state index contributed by atoms with van der Waals surface area (Å²) >= 11 is 0. The van der Waals surface area contributed by atoms with E-state index in [1.54, 1.807) is 18.2 Å². The van der Waals surface area contributed by atoms with E-state index in [4.69, 9.17) is 10.5 Å². The van der Waals surface area contributed by atoms with Crippen LogP contribution >= 0.6 is 0 Å². The van der Waals surface area contributed by atoms with Gasteiger partial charge >= 0.3 is 0 Å². The van der Waals surface area contributed by atoms with Crippen molar-refractivity contribution in [1.82, 2.24) is 0 Å². The SMILES string of the molecule is CC(=O)c1ccc(OCC(=O)Nc2ccc(C)cc2C)c(N)c1. The predicted octanol–water partition coefficient (Wildman–Crippen LogP) is 3.11. The molecule has 0 spiro atoms. The number of benzene rings is 2. The molecule has 2 aromatic rings. The molecule has 120 valence electrons. The van der Waals surface area contributed by atoms with Crippen LogP contribution in [0, 0.1) is 13.8 Å². The molecule has 5 nitrogen and oxygen atoms in total. The summed E-state index contributed by atoms with van der Waals surface area (Å²) in [6.07, 6.45) is 0. The molecule has 2 rings (SSSR count). The van der Waals surface area contributed by atoms with E-state index in [0.717, 1.165) is 16.8 Å². The second-order valence-electron chi connectivity index (χ2n) is 5.46. The van der Waals surface area contributed by atoms with Gasteiger partial charge in [-0.05, 0) is 50.6 Å². The summed E-state index contributed by atoms with van der Waals surface area (Å²) in [6, 6.07) is 10.5. The minimum Gasteiger partial charge on any atom is -0.482 e. The highest BCUT2D eigenvalue weighted by Gasteiger charge is 2.09. The van der Waals surface area contributed by atoms with Crippen molar-refractivity contribution in [3.05, 3.63) is 53.1 Å². The summed E-state index contributed by atoms with van der Waals surface area (Å²) in [5, 5.41) is 2.80. The number of amides is 1. The molecule has 23 heavy (non-hydrogen) atoms. The Labute approximate surface area is 135 Å². The van der Waals surface area contributed by atoms with Crippen LogP contribution in [0.15, 0.2) is 36.4 Å². The zero-order valence-electron chi connectivity index (χ0n) is 13.5. The van der Waals surface area contributed by atoms with E-state index in [0.29, 0.717) is 17.0 Å². The van der Waals surface area contributed by atoms with Gasteiger partial charge in [0.1, 0.15) is 5.75 Å². The average Bonchev–Trinajstić information content (AvgIpc) is 2.48. The molecule has 0 heterocycles. The highest BCUT2D eigenvalue weighted by Crippen LogP contribution is 2.23. The first-order valence-corrected chi connectivity index (χ1v) is 7.27. The van der Waals surface area contributed by atoms with Crippen LogP contribution in [-0.4, -0.2) is 18.3 Å². The summed E-state index contributed by atoms with van der Waals surface area (Å²) in [5.41, 5.74) is 9.55. The molecule has 0 aliphatic heterocycles. The number of ether oxygens (including phenoxy) is 1. The van der Waals surface area contributed by atoms with E-state index in [9.17, 15) is 9.59 Å². The van der Waals surface area contributed by atoms with Crippen LogP contribution in [0.5, 0.6) is 5.75 Å². The van der Waals surface area contributed by atoms with Crippen molar-refractivity contribution in [1.29, 1.82) is 0 Å². The molecular weight excluding hydrogens is 292 g/mol. The Morgan fingerprint density at radius 2 is 1.87 bits per heavy atom. The van der Waals surface area contributed by atoms with Crippen molar-refractivity contribution >= 4 is 23.1 Å². The number of nitrogens with one attached hydrogen (secondary N) is 1. The molecule has 0 saturated carbocycles. The van der Waals surface area contributed by atoms with Crippen LogP contribution in [-0.2, 0) is 4.79 Å². The molecule has 0 aromatic heterocycles. The number of anilines is 2. The Balaban J connectivity index is 1.98. The Morgan fingerprint density at radius 3 is 2.48 bits per heavy atom. The number of Topliss-reactive ketones (excluding diaryl/α,β-unsaturated/α-hetero) is 1. The van der Waals surface area contributed by atoms with Gasteiger partial charge in [0.05, 0.1) is 5.69 Å². The van der Waals surface area contributed by atoms with E-state index in [-0.39, 0.29) is 18.3 Å². The molecule has 2 aromatic carbocycles. The van der Waals surface area contributed by atoms with Gasteiger partial charge in [0.15, 0.2) is 12.4 Å². The first-order valence-electron chi connectivity index (χ1n) is 7.27. The third kappa shape index (κ3) is 4.32. The van der Waals surface area contributed by atoms with Crippen LogP contribution in [0.4, 0.5) is 11.4 Å². The first-order chi connectivity index (χ1) is 10.9. The molecule has 0 saturated heterocycles. The molecule has 0 unspecified atom stereocenters. The van der Waals surface area contributed by atoms with E-state index in [1.165, 1.54) is 6.92 Å². The minimum absolute atomic E-state index is 0.0733. The van der Waals surface area contributed by atoms with Crippen molar-refractivity contribution in [3.63, 3.8) is 0 Å². The summed E-state index contributed by atoms with van der Waals surface area (Å²) in [5.74, 6) is 0.0358. The Morgan fingerprint density at radius 1 is 1.13 bits per heavy atom. The lowest BCUT2D eigenvalue weighted by Crippen LogP contribution is -2.21. The fourth-order valence-corrected chi connectivity index (χ4v) is 2.18. The van der Waals surface area contributed by atoms with Crippen molar-refractivity contribution in [2.45, 2.75) is 20.8 Å². The number of nitrogens with two attached hydrogens (primary N) is 1. The monoisotopic (exact) mass is 312 g/mol. The topological polar surface area (TPSA) is 81.4 Å². The Kier molecular flexibility index (Phi) is 5.01. The minimum atomic E-state index is -0.271. The lowest BCUT2D eigenvalue weighted by atomic mass is 10.1. The quantitative estimate of drug-likeness (QED) is 0.656. The third-order valence-corrected chi connectivity index (χ3v) is 3.43. The predicted molar refractivity (Wildman–Crippen MR) is 90.9 cm³/mol. The van der Waals surface area contributed by atoms with Crippen LogP contribution in [0.25, 0.3) is 0 Å². The van der Waals surface area contributed by atoms with Gasteiger partial charge in [0, 0.05) is 11.3 Å². The molecule has 1 amide bonds. The average molecular weight is 312 g/mol. The molecule has 5 heteroatoms. The van der Waals surface area contributed by atoms with Gasteiger partial charge in [0.25, 0.3) is 5.91 Å². The molecule has 0 aliphatic rings. The molecule has 0 aliphatic carbocycles.